The van der Waals surface area contributed by atoms with E-state index < -0.39 is 0 Å². The minimum atomic E-state index is 0.599. The second-order valence-electron chi connectivity index (χ2n) is 3.97. The van der Waals surface area contributed by atoms with Crippen molar-refractivity contribution < 1.29 is 0 Å². The van der Waals surface area contributed by atoms with Crippen LogP contribution in [0.15, 0.2) is 0 Å². The number of hydrogen-bond acceptors (Lipinski definition) is 4. The maximum atomic E-state index is 4.50. The molecule has 0 saturated heterocycles. The lowest BCUT2D eigenvalue weighted by molar-refractivity contribution is 0.645. The van der Waals surface area contributed by atoms with Crippen LogP contribution >= 0.6 is 22.6 Å². The molecule has 1 atom stereocenters. The zero-order chi connectivity index (χ0) is 11.1. The van der Waals surface area contributed by atoms with Gasteiger partial charge in [-0.25, -0.2) is 0 Å². The third-order valence-electron chi connectivity index (χ3n) is 2.95. The molecule has 0 radical (unpaired) electrons. The minimum Gasteiger partial charge on any atom is -0.272 e. The van der Waals surface area contributed by atoms with E-state index in [0.29, 0.717) is 9.75 Å². The van der Waals surface area contributed by atoms with E-state index in [1.165, 1.54) is 17.7 Å². The Morgan fingerprint density at radius 2 is 2.38 bits per heavy atom. The van der Waals surface area contributed by atoms with Gasteiger partial charge in [0.05, 0.1) is 0 Å². The van der Waals surface area contributed by atoms with Crippen LogP contribution in [0.1, 0.15) is 17.7 Å². The molecule has 0 aromatic carbocycles. The predicted molar refractivity (Wildman–Crippen MR) is 66.2 cm³/mol. The molecule has 7 heteroatoms. The smallest absolute Gasteiger partial charge is 0.225 e. The van der Waals surface area contributed by atoms with Gasteiger partial charge >= 0.3 is 0 Å². The van der Waals surface area contributed by atoms with Gasteiger partial charge in [0.1, 0.15) is 5.69 Å². The molecule has 84 valence electrons. The lowest BCUT2D eigenvalue weighted by Gasteiger charge is -2.17. The average molecular weight is 330 g/mol. The minimum absolute atomic E-state index is 0.599. The van der Waals surface area contributed by atoms with E-state index in [0.717, 1.165) is 18.5 Å². The average Bonchev–Trinajstić information content (AvgIpc) is 2.86. The van der Waals surface area contributed by atoms with Crippen LogP contribution < -0.4 is 0 Å². The van der Waals surface area contributed by atoms with Crippen LogP contribution in [0, 0.1) is 0 Å². The van der Waals surface area contributed by atoms with E-state index in [1.807, 2.05) is 11.7 Å². The highest BCUT2D eigenvalue weighted by molar-refractivity contribution is 14.1. The van der Waals surface area contributed by atoms with Crippen molar-refractivity contribution in [2.75, 3.05) is 0 Å². The van der Waals surface area contributed by atoms with Crippen molar-refractivity contribution in [3.63, 3.8) is 0 Å². The number of rotatable bonds is 1. The monoisotopic (exact) mass is 330 g/mol. The molecule has 1 N–H and O–H groups in total. The molecule has 0 saturated carbocycles. The molecular weight excluding hydrogens is 319 g/mol. The van der Waals surface area contributed by atoms with Crippen LogP contribution in [-0.2, 0) is 19.9 Å². The van der Waals surface area contributed by atoms with E-state index >= 15 is 0 Å². The fourth-order valence-electron chi connectivity index (χ4n) is 2.19. The number of halogens is 1. The van der Waals surface area contributed by atoms with Crippen LogP contribution in [0.25, 0.3) is 11.5 Å². The third kappa shape index (κ3) is 1.53. The van der Waals surface area contributed by atoms with E-state index in [4.69, 9.17) is 0 Å². The quantitative estimate of drug-likeness (QED) is 0.623. The molecule has 2 aromatic heterocycles. The summed E-state index contributed by atoms with van der Waals surface area (Å²) >= 11 is 2.50. The molecular formula is C9H11IN6. The molecule has 1 aliphatic rings. The Labute approximate surface area is 106 Å². The number of nitrogens with one attached hydrogen (secondary N) is 1. The van der Waals surface area contributed by atoms with Gasteiger partial charge in [0.15, 0.2) is 0 Å². The Kier molecular flexibility index (Phi) is 2.41. The normalized spacial score (nSPS) is 19.8. The van der Waals surface area contributed by atoms with E-state index in [9.17, 15) is 0 Å². The summed E-state index contributed by atoms with van der Waals surface area (Å²) in [6.07, 6.45) is 3.36. The summed E-state index contributed by atoms with van der Waals surface area (Å²) in [5.41, 5.74) is 3.48. The van der Waals surface area contributed by atoms with Gasteiger partial charge in [-0.2, -0.15) is 10.3 Å². The molecule has 0 spiro atoms. The summed E-state index contributed by atoms with van der Waals surface area (Å²) < 4.78 is 2.63. The molecule has 1 aliphatic carbocycles. The van der Waals surface area contributed by atoms with Crippen molar-refractivity contribution in [2.24, 2.45) is 7.05 Å². The topological polar surface area (TPSA) is 72.3 Å². The molecule has 16 heavy (non-hydrogen) atoms. The van der Waals surface area contributed by atoms with Crippen molar-refractivity contribution in [3.8, 4) is 11.5 Å². The lowest BCUT2D eigenvalue weighted by atomic mass is 9.95. The fraction of sp³-hybridized carbons (Fsp3) is 0.556. The van der Waals surface area contributed by atoms with Gasteiger partial charge in [-0.15, -0.1) is 10.2 Å². The summed E-state index contributed by atoms with van der Waals surface area (Å²) in [5, 5.41) is 18.6. The first-order chi connectivity index (χ1) is 7.75. The Hall–Kier alpha value is -0.990. The Balaban J connectivity index is 2.13. The molecule has 2 heterocycles. The molecule has 1 unspecified atom stereocenters. The van der Waals surface area contributed by atoms with Crippen LogP contribution in [-0.4, -0.2) is 34.3 Å². The number of nitrogens with zero attached hydrogens (tertiary/aromatic N) is 5. The molecule has 3 rings (SSSR count). The van der Waals surface area contributed by atoms with Crippen LogP contribution in [0.5, 0.6) is 0 Å². The molecule has 0 amide bonds. The van der Waals surface area contributed by atoms with Crippen LogP contribution in [0.3, 0.4) is 0 Å². The zero-order valence-corrected chi connectivity index (χ0v) is 11.0. The van der Waals surface area contributed by atoms with E-state index in [-0.39, 0.29) is 0 Å². The highest BCUT2D eigenvalue weighted by Crippen LogP contribution is 2.31. The number of aromatic amines is 1. The zero-order valence-electron chi connectivity index (χ0n) is 8.81. The maximum absolute atomic E-state index is 4.50. The summed E-state index contributed by atoms with van der Waals surface area (Å²) in [5.74, 6) is 0.599. The van der Waals surface area contributed by atoms with E-state index in [2.05, 4.69) is 48.3 Å². The SMILES string of the molecule is Cn1nc(-c2nn[nH]n2)c2c1CCC(I)C2. The molecule has 0 aliphatic heterocycles. The van der Waals surface area contributed by atoms with Crippen molar-refractivity contribution in [1.82, 2.24) is 30.4 Å². The Bertz CT molecular complexity index is 502. The van der Waals surface area contributed by atoms with Crippen LogP contribution in [0.4, 0.5) is 0 Å². The van der Waals surface area contributed by atoms with Gasteiger partial charge in [0.2, 0.25) is 5.82 Å². The van der Waals surface area contributed by atoms with Crippen molar-refractivity contribution >= 4 is 22.6 Å². The number of hydrogen-bond donors (Lipinski definition) is 1. The fourth-order valence-corrected chi connectivity index (χ4v) is 2.94. The number of H-pyrrole nitrogens is 1. The Morgan fingerprint density at radius 3 is 3.12 bits per heavy atom. The van der Waals surface area contributed by atoms with Gasteiger partial charge < -0.3 is 0 Å². The van der Waals surface area contributed by atoms with Crippen molar-refractivity contribution in [2.45, 2.75) is 23.2 Å². The van der Waals surface area contributed by atoms with Gasteiger partial charge in [-0.3, -0.25) is 4.68 Å². The van der Waals surface area contributed by atoms with Crippen LogP contribution in [0.2, 0.25) is 0 Å². The van der Waals surface area contributed by atoms with Crippen molar-refractivity contribution in [1.29, 1.82) is 0 Å². The van der Waals surface area contributed by atoms with Gasteiger partial charge in [0, 0.05) is 22.2 Å². The first kappa shape index (κ1) is 10.2. The molecule has 0 bridgehead atoms. The predicted octanol–water partition coefficient (Wildman–Crippen LogP) is 0.892. The summed E-state index contributed by atoms with van der Waals surface area (Å²) in [6.45, 7) is 0. The van der Waals surface area contributed by atoms with Gasteiger partial charge in [-0.05, 0) is 24.5 Å². The number of alkyl halides is 1. The highest BCUT2D eigenvalue weighted by Gasteiger charge is 2.26. The third-order valence-corrected chi connectivity index (χ3v) is 4.02. The number of tetrazole rings is 1. The first-order valence-electron chi connectivity index (χ1n) is 5.18. The molecule has 6 nitrogen and oxygen atoms in total. The second kappa shape index (κ2) is 3.79. The standard InChI is InChI=1S/C9H11IN6/c1-16-7-3-2-5(10)4-6(7)8(13-16)9-11-14-15-12-9/h5H,2-4H2,1H3,(H,11,12,14,15). The van der Waals surface area contributed by atoms with Gasteiger partial charge in [0.25, 0.3) is 0 Å². The number of fused-ring (bicyclic) bond motifs is 1. The highest BCUT2D eigenvalue weighted by atomic mass is 127. The maximum Gasteiger partial charge on any atom is 0.225 e. The molecule has 2 aromatic rings. The van der Waals surface area contributed by atoms with E-state index in [1.54, 1.807) is 0 Å². The summed E-state index contributed by atoms with van der Waals surface area (Å²) in [6, 6.07) is 0. The first-order valence-corrected chi connectivity index (χ1v) is 6.43. The number of aromatic nitrogens is 6. The lowest BCUT2D eigenvalue weighted by Crippen LogP contribution is -2.14. The number of aryl methyl sites for hydroxylation is 1. The Morgan fingerprint density at radius 1 is 1.50 bits per heavy atom. The largest absolute Gasteiger partial charge is 0.272 e. The second-order valence-corrected chi connectivity index (χ2v) is 5.73. The summed E-state index contributed by atoms with van der Waals surface area (Å²) in [7, 11) is 1.98. The summed E-state index contributed by atoms with van der Waals surface area (Å²) in [4.78, 5) is 0. The van der Waals surface area contributed by atoms with Gasteiger partial charge in [-0.1, -0.05) is 22.6 Å². The molecule has 0 fully saturated rings. The van der Waals surface area contributed by atoms with Crippen molar-refractivity contribution in [3.05, 3.63) is 11.3 Å².